The van der Waals surface area contributed by atoms with E-state index in [1.54, 1.807) is 4.31 Å². The van der Waals surface area contributed by atoms with E-state index >= 15 is 0 Å². The second kappa shape index (κ2) is 4.21. The van der Waals surface area contributed by atoms with Gasteiger partial charge in [-0.3, -0.25) is 4.90 Å². The van der Waals surface area contributed by atoms with Crippen LogP contribution < -0.4 is 0 Å². The molecule has 0 N–H and O–H groups in total. The number of sulfonamides is 1. The van der Waals surface area contributed by atoms with E-state index in [4.69, 9.17) is 0 Å². The number of rotatable bonds is 2. The Morgan fingerprint density at radius 3 is 2.12 bits per heavy atom. The summed E-state index contributed by atoms with van der Waals surface area (Å²) in [5.41, 5.74) is 0.120. The highest BCUT2D eigenvalue weighted by Gasteiger charge is 2.43. The Morgan fingerprint density at radius 2 is 1.71 bits per heavy atom. The molecule has 5 heteroatoms. The van der Waals surface area contributed by atoms with Gasteiger partial charge in [0.05, 0.1) is 5.25 Å². The predicted molar refractivity (Wildman–Crippen MR) is 69.4 cm³/mol. The zero-order chi connectivity index (χ0) is 12.8. The van der Waals surface area contributed by atoms with Gasteiger partial charge in [-0.2, -0.15) is 4.31 Å². The molecule has 0 bridgehead atoms. The minimum atomic E-state index is -2.98. The molecule has 4 nitrogen and oxygen atoms in total. The molecule has 1 heterocycles. The third-order valence-electron chi connectivity index (χ3n) is 3.76. The van der Waals surface area contributed by atoms with Gasteiger partial charge in [-0.05, 0) is 40.5 Å². The molecule has 2 fully saturated rings. The SMILES string of the molecule is C[C@H]1CN(S(=O)(=O)C2CC2)CCN1C(C)(C)C. The first-order valence-electron chi connectivity index (χ1n) is 6.48. The summed E-state index contributed by atoms with van der Waals surface area (Å²) in [5, 5.41) is -0.0733. The van der Waals surface area contributed by atoms with Crippen LogP contribution in [0.4, 0.5) is 0 Å². The van der Waals surface area contributed by atoms with Crippen LogP contribution in [-0.4, -0.2) is 54.1 Å². The van der Waals surface area contributed by atoms with Gasteiger partial charge in [0.2, 0.25) is 10.0 Å². The molecule has 1 atom stereocenters. The van der Waals surface area contributed by atoms with E-state index in [9.17, 15) is 8.42 Å². The number of piperazine rings is 1. The van der Waals surface area contributed by atoms with Gasteiger partial charge in [-0.1, -0.05) is 0 Å². The summed E-state index contributed by atoms with van der Waals surface area (Å²) in [6.07, 6.45) is 1.71. The zero-order valence-corrected chi connectivity index (χ0v) is 12.1. The van der Waals surface area contributed by atoms with Crippen LogP contribution in [0.5, 0.6) is 0 Å². The maximum atomic E-state index is 12.2. The van der Waals surface area contributed by atoms with Crippen LogP contribution in [0, 0.1) is 0 Å². The highest BCUT2D eigenvalue weighted by atomic mass is 32.2. The molecule has 0 aromatic carbocycles. The lowest BCUT2D eigenvalue weighted by Crippen LogP contribution is -2.59. The van der Waals surface area contributed by atoms with Crippen LogP contribution in [-0.2, 0) is 10.0 Å². The molecule has 0 unspecified atom stereocenters. The lowest BCUT2D eigenvalue weighted by molar-refractivity contribution is 0.0445. The molecule has 0 spiro atoms. The molecule has 2 rings (SSSR count). The first kappa shape index (κ1) is 13.3. The zero-order valence-electron chi connectivity index (χ0n) is 11.3. The Morgan fingerprint density at radius 1 is 1.12 bits per heavy atom. The Bertz CT molecular complexity index is 382. The van der Waals surface area contributed by atoms with Crippen molar-refractivity contribution in [3.63, 3.8) is 0 Å². The van der Waals surface area contributed by atoms with Gasteiger partial charge in [-0.15, -0.1) is 0 Å². The molecule has 0 aromatic rings. The summed E-state index contributed by atoms with van der Waals surface area (Å²) in [7, 11) is -2.98. The third-order valence-corrected chi connectivity index (χ3v) is 6.12. The van der Waals surface area contributed by atoms with Crippen LogP contribution in [0.3, 0.4) is 0 Å². The highest BCUT2D eigenvalue weighted by Crippen LogP contribution is 2.32. The second-order valence-corrected chi connectivity index (χ2v) is 8.53. The first-order chi connectivity index (χ1) is 7.73. The van der Waals surface area contributed by atoms with Crippen molar-refractivity contribution in [2.45, 2.75) is 57.4 Å². The molecule has 1 saturated carbocycles. The average molecular weight is 260 g/mol. The fourth-order valence-electron chi connectivity index (χ4n) is 2.73. The number of nitrogens with zero attached hydrogens (tertiary/aromatic N) is 2. The van der Waals surface area contributed by atoms with E-state index in [1.807, 2.05) is 0 Å². The van der Waals surface area contributed by atoms with Crippen molar-refractivity contribution in [3.8, 4) is 0 Å². The molecular formula is C12H24N2O2S. The van der Waals surface area contributed by atoms with Gasteiger partial charge in [0.15, 0.2) is 0 Å². The highest BCUT2D eigenvalue weighted by molar-refractivity contribution is 7.90. The molecule has 17 heavy (non-hydrogen) atoms. The molecule has 1 aliphatic heterocycles. The number of hydrogen-bond donors (Lipinski definition) is 0. The fourth-order valence-corrected chi connectivity index (χ4v) is 4.64. The van der Waals surface area contributed by atoms with Gasteiger partial charge in [0, 0.05) is 31.2 Å². The molecule has 1 aliphatic carbocycles. The number of hydrogen-bond acceptors (Lipinski definition) is 3. The normalized spacial score (nSPS) is 29.5. The third kappa shape index (κ3) is 2.66. The van der Waals surface area contributed by atoms with E-state index in [0.717, 1.165) is 19.4 Å². The monoisotopic (exact) mass is 260 g/mol. The minimum absolute atomic E-state index is 0.0733. The maximum absolute atomic E-state index is 12.2. The quantitative estimate of drug-likeness (QED) is 0.751. The van der Waals surface area contributed by atoms with Crippen LogP contribution in [0.25, 0.3) is 0 Å². The molecule has 0 radical (unpaired) electrons. The van der Waals surface area contributed by atoms with E-state index in [-0.39, 0.29) is 10.8 Å². The summed E-state index contributed by atoms with van der Waals surface area (Å²) in [5.74, 6) is 0. The Balaban J connectivity index is 2.05. The summed E-state index contributed by atoms with van der Waals surface area (Å²) in [4.78, 5) is 2.39. The molecular weight excluding hydrogens is 236 g/mol. The molecule has 2 aliphatic rings. The minimum Gasteiger partial charge on any atom is -0.293 e. The summed E-state index contributed by atoms with van der Waals surface area (Å²) in [6, 6.07) is 0.303. The van der Waals surface area contributed by atoms with Crippen LogP contribution in [0.15, 0.2) is 0 Å². The lowest BCUT2D eigenvalue weighted by atomic mass is 10.0. The molecule has 1 saturated heterocycles. The van der Waals surface area contributed by atoms with Gasteiger partial charge in [0.1, 0.15) is 0 Å². The molecule has 0 amide bonds. The van der Waals surface area contributed by atoms with E-state index in [2.05, 4.69) is 32.6 Å². The van der Waals surface area contributed by atoms with Gasteiger partial charge >= 0.3 is 0 Å². The van der Waals surface area contributed by atoms with Crippen molar-refractivity contribution in [1.29, 1.82) is 0 Å². The van der Waals surface area contributed by atoms with Crippen LogP contribution in [0.2, 0.25) is 0 Å². The van der Waals surface area contributed by atoms with Crippen molar-refractivity contribution in [2.24, 2.45) is 0 Å². The van der Waals surface area contributed by atoms with Crippen LogP contribution >= 0.6 is 0 Å². The Hall–Kier alpha value is -0.130. The fraction of sp³-hybridized carbons (Fsp3) is 1.00. The predicted octanol–water partition coefficient (Wildman–Crippen LogP) is 1.28. The molecule has 0 aromatic heterocycles. The largest absolute Gasteiger partial charge is 0.293 e. The van der Waals surface area contributed by atoms with Gasteiger partial charge in [0.25, 0.3) is 0 Å². The standard InChI is InChI=1S/C12H24N2O2S/c1-10-9-13(17(15,16)11-5-6-11)7-8-14(10)12(2,3)4/h10-11H,5-9H2,1-4H3/t10-/m0/s1. The van der Waals surface area contributed by atoms with E-state index in [0.29, 0.717) is 19.1 Å². The molecule has 100 valence electrons. The van der Waals surface area contributed by atoms with Crippen LogP contribution in [0.1, 0.15) is 40.5 Å². The summed E-state index contributed by atoms with van der Waals surface area (Å²) in [6.45, 7) is 10.8. The average Bonchev–Trinajstić information content (AvgIpc) is 2.98. The van der Waals surface area contributed by atoms with Crippen molar-refractivity contribution in [2.75, 3.05) is 19.6 Å². The van der Waals surface area contributed by atoms with Gasteiger partial charge in [-0.25, -0.2) is 8.42 Å². The first-order valence-corrected chi connectivity index (χ1v) is 7.99. The second-order valence-electron chi connectivity index (χ2n) is 6.32. The van der Waals surface area contributed by atoms with Gasteiger partial charge < -0.3 is 0 Å². The van der Waals surface area contributed by atoms with E-state index in [1.165, 1.54) is 0 Å². The topological polar surface area (TPSA) is 40.6 Å². The van der Waals surface area contributed by atoms with Crippen molar-refractivity contribution in [1.82, 2.24) is 9.21 Å². The Kier molecular flexibility index (Phi) is 3.30. The smallest absolute Gasteiger partial charge is 0.217 e. The summed E-state index contributed by atoms with van der Waals surface area (Å²) < 4.78 is 26.0. The van der Waals surface area contributed by atoms with E-state index < -0.39 is 10.0 Å². The van der Waals surface area contributed by atoms with Crippen molar-refractivity contribution in [3.05, 3.63) is 0 Å². The summed E-state index contributed by atoms with van der Waals surface area (Å²) >= 11 is 0. The maximum Gasteiger partial charge on any atom is 0.217 e. The van der Waals surface area contributed by atoms with Crippen molar-refractivity contribution >= 4 is 10.0 Å². The van der Waals surface area contributed by atoms with Crippen molar-refractivity contribution < 1.29 is 8.42 Å². The Labute approximate surface area is 105 Å². The lowest BCUT2D eigenvalue weighted by Gasteiger charge is -2.46.